The van der Waals surface area contributed by atoms with Gasteiger partial charge in [0.15, 0.2) is 6.39 Å². The number of hydrogen-bond acceptors (Lipinski definition) is 3. The molecule has 0 aliphatic rings. The van der Waals surface area contributed by atoms with Crippen molar-refractivity contribution in [2.45, 2.75) is 6.54 Å². The molecule has 14 heavy (non-hydrogen) atoms. The molecule has 0 aliphatic carbocycles. The molecule has 72 valence electrons. The molecular weight excluding hydrogens is 183 g/mol. The molecule has 3 nitrogen and oxygen atoms in total. The summed E-state index contributed by atoms with van der Waals surface area (Å²) in [5.41, 5.74) is 1.52. The van der Waals surface area contributed by atoms with Gasteiger partial charge in [-0.05, 0) is 18.2 Å². The van der Waals surface area contributed by atoms with E-state index in [1.807, 2.05) is 0 Å². The van der Waals surface area contributed by atoms with E-state index in [-0.39, 0.29) is 5.82 Å². The van der Waals surface area contributed by atoms with E-state index in [0.29, 0.717) is 6.54 Å². The monoisotopic (exact) mass is 192 g/mol. The maximum absolute atomic E-state index is 12.8. The molecule has 4 heteroatoms. The zero-order valence-electron chi connectivity index (χ0n) is 7.40. The molecule has 0 atom stereocenters. The first-order chi connectivity index (χ1) is 6.84. The van der Waals surface area contributed by atoms with Gasteiger partial charge in [0.2, 0.25) is 0 Å². The predicted molar refractivity (Wildman–Crippen MR) is 50.2 cm³/mol. The summed E-state index contributed by atoms with van der Waals surface area (Å²) in [5.74, 6) is -0.254. The van der Waals surface area contributed by atoms with Crippen LogP contribution in [0.3, 0.4) is 0 Å². The number of halogens is 1. The van der Waals surface area contributed by atoms with Gasteiger partial charge in [0.05, 0.1) is 12.2 Å². The van der Waals surface area contributed by atoms with Crippen molar-refractivity contribution in [3.05, 3.63) is 48.4 Å². The summed E-state index contributed by atoms with van der Waals surface area (Å²) in [6.45, 7) is 0.528. The van der Waals surface area contributed by atoms with Crippen molar-refractivity contribution in [3.63, 3.8) is 0 Å². The van der Waals surface area contributed by atoms with Crippen LogP contribution in [0, 0.1) is 5.82 Å². The summed E-state index contributed by atoms with van der Waals surface area (Å²) in [5, 5.41) is 3.03. The Bertz CT molecular complexity index is 400. The van der Waals surface area contributed by atoms with E-state index in [9.17, 15) is 4.39 Å². The summed E-state index contributed by atoms with van der Waals surface area (Å²) in [6, 6.07) is 6.28. The summed E-state index contributed by atoms with van der Waals surface area (Å²) in [6.07, 6.45) is 2.91. The fourth-order valence-electron chi connectivity index (χ4n) is 1.12. The minimum atomic E-state index is -0.254. The number of oxazole rings is 1. The zero-order chi connectivity index (χ0) is 9.80. The number of hydrogen-bond donors (Lipinski definition) is 1. The van der Waals surface area contributed by atoms with Gasteiger partial charge in [-0.1, -0.05) is 6.07 Å². The summed E-state index contributed by atoms with van der Waals surface area (Å²) < 4.78 is 17.6. The second-order valence-corrected chi connectivity index (χ2v) is 2.84. The highest BCUT2D eigenvalue weighted by Crippen LogP contribution is 2.10. The van der Waals surface area contributed by atoms with E-state index >= 15 is 0 Å². The molecule has 0 saturated carbocycles. The Labute approximate surface area is 80.6 Å². The Hall–Kier alpha value is -1.84. The maximum Gasteiger partial charge on any atom is 0.180 e. The standard InChI is InChI=1S/C10H9FN2O/c11-8-2-1-3-9(4-8)12-5-10-6-14-7-13-10/h1-4,6-7,12H,5H2. The topological polar surface area (TPSA) is 38.1 Å². The zero-order valence-corrected chi connectivity index (χ0v) is 7.40. The molecule has 0 radical (unpaired) electrons. The highest BCUT2D eigenvalue weighted by molar-refractivity contribution is 5.43. The average Bonchev–Trinajstić information content (AvgIpc) is 2.67. The number of benzene rings is 1. The van der Waals surface area contributed by atoms with Crippen molar-refractivity contribution in [2.75, 3.05) is 5.32 Å². The van der Waals surface area contributed by atoms with Crippen LogP contribution < -0.4 is 5.32 Å². The lowest BCUT2D eigenvalue weighted by molar-refractivity contribution is 0.556. The van der Waals surface area contributed by atoms with Gasteiger partial charge in [-0.2, -0.15) is 0 Å². The molecule has 0 saturated heterocycles. The van der Waals surface area contributed by atoms with E-state index in [1.54, 1.807) is 18.4 Å². The summed E-state index contributed by atoms with van der Waals surface area (Å²) >= 11 is 0. The second-order valence-electron chi connectivity index (χ2n) is 2.84. The third kappa shape index (κ3) is 2.10. The molecule has 1 N–H and O–H groups in total. The summed E-state index contributed by atoms with van der Waals surface area (Å²) in [7, 11) is 0. The first-order valence-electron chi connectivity index (χ1n) is 4.21. The SMILES string of the molecule is Fc1cccc(NCc2cocn2)c1. The molecule has 0 amide bonds. The molecule has 1 heterocycles. The van der Waals surface area contributed by atoms with Crippen molar-refractivity contribution >= 4 is 5.69 Å². The lowest BCUT2D eigenvalue weighted by Crippen LogP contribution is -1.99. The molecule has 0 unspecified atom stereocenters. The third-order valence-electron chi connectivity index (χ3n) is 1.78. The van der Waals surface area contributed by atoms with Crippen LogP contribution in [0.25, 0.3) is 0 Å². The van der Waals surface area contributed by atoms with E-state index in [4.69, 9.17) is 4.42 Å². The van der Waals surface area contributed by atoms with Gasteiger partial charge in [0.25, 0.3) is 0 Å². The van der Waals surface area contributed by atoms with Crippen LogP contribution in [0.1, 0.15) is 5.69 Å². The van der Waals surface area contributed by atoms with Crippen LogP contribution in [0.5, 0.6) is 0 Å². The minimum Gasteiger partial charge on any atom is -0.451 e. The molecular formula is C10H9FN2O. The van der Waals surface area contributed by atoms with Crippen LogP contribution in [0.2, 0.25) is 0 Å². The Balaban J connectivity index is 1.98. The van der Waals surface area contributed by atoms with Gasteiger partial charge in [0.1, 0.15) is 12.1 Å². The van der Waals surface area contributed by atoms with Crippen molar-refractivity contribution in [1.82, 2.24) is 4.98 Å². The Morgan fingerprint density at radius 2 is 2.36 bits per heavy atom. The molecule has 0 aliphatic heterocycles. The highest BCUT2D eigenvalue weighted by Gasteiger charge is 1.97. The van der Waals surface area contributed by atoms with E-state index in [1.165, 1.54) is 18.5 Å². The van der Waals surface area contributed by atoms with Gasteiger partial charge in [-0.25, -0.2) is 9.37 Å². The smallest absolute Gasteiger partial charge is 0.180 e. The number of nitrogens with zero attached hydrogens (tertiary/aromatic N) is 1. The molecule has 1 aromatic carbocycles. The van der Waals surface area contributed by atoms with Gasteiger partial charge < -0.3 is 9.73 Å². The van der Waals surface area contributed by atoms with Gasteiger partial charge in [0, 0.05) is 5.69 Å². The Morgan fingerprint density at radius 1 is 1.43 bits per heavy atom. The third-order valence-corrected chi connectivity index (χ3v) is 1.78. The molecule has 0 spiro atoms. The molecule has 0 bridgehead atoms. The van der Waals surface area contributed by atoms with Crippen LogP contribution in [-0.4, -0.2) is 4.98 Å². The molecule has 2 aromatic rings. The first kappa shape index (κ1) is 8.74. The van der Waals surface area contributed by atoms with Crippen LogP contribution >= 0.6 is 0 Å². The average molecular weight is 192 g/mol. The van der Waals surface area contributed by atoms with E-state index < -0.39 is 0 Å². The number of nitrogens with one attached hydrogen (secondary N) is 1. The number of aromatic nitrogens is 1. The fourth-order valence-corrected chi connectivity index (χ4v) is 1.12. The summed E-state index contributed by atoms with van der Waals surface area (Å²) in [4.78, 5) is 3.93. The molecule has 2 rings (SSSR count). The minimum absolute atomic E-state index is 0.254. The van der Waals surface area contributed by atoms with Gasteiger partial charge >= 0.3 is 0 Å². The van der Waals surface area contributed by atoms with Crippen molar-refractivity contribution in [3.8, 4) is 0 Å². The quantitative estimate of drug-likeness (QED) is 0.811. The lowest BCUT2D eigenvalue weighted by atomic mass is 10.3. The van der Waals surface area contributed by atoms with Gasteiger partial charge in [-0.15, -0.1) is 0 Å². The van der Waals surface area contributed by atoms with Crippen molar-refractivity contribution in [1.29, 1.82) is 0 Å². The Kier molecular flexibility index (Phi) is 2.44. The lowest BCUT2D eigenvalue weighted by Gasteiger charge is -2.02. The maximum atomic E-state index is 12.8. The first-order valence-corrected chi connectivity index (χ1v) is 4.21. The van der Waals surface area contributed by atoms with E-state index in [2.05, 4.69) is 10.3 Å². The second kappa shape index (κ2) is 3.91. The van der Waals surface area contributed by atoms with Gasteiger partial charge in [-0.3, -0.25) is 0 Å². The van der Waals surface area contributed by atoms with Crippen molar-refractivity contribution in [2.24, 2.45) is 0 Å². The normalized spacial score (nSPS) is 10.1. The molecule has 1 aromatic heterocycles. The van der Waals surface area contributed by atoms with Crippen LogP contribution in [0.4, 0.5) is 10.1 Å². The predicted octanol–water partition coefficient (Wildman–Crippen LogP) is 2.43. The van der Waals surface area contributed by atoms with Crippen molar-refractivity contribution < 1.29 is 8.81 Å². The highest BCUT2D eigenvalue weighted by atomic mass is 19.1. The molecule has 0 fully saturated rings. The van der Waals surface area contributed by atoms with Crippen LogP contribution in [0.15, 0.2) is 41.3 Å². The number of rotatable bonds is 3. The fraction of sp³-hybridized carbons (Fsp3) is 0.100. The Morgan fingerprint density at radius 3 is 3.07 bits per heavy atom. The largest absolute Gasteiger partial charge is 0.451 e. The van der Waals surface area contributed by atoms with Crippen LogP contribution in [-0.2, 0) is 6.54 Å². The number of anilines is 1. The van der Waals surface area contributed by atoms with E-state index in [0.717, 1.165) is 11.4 Å².